The van der Waals surface area contributed by atoms with Gasteiger partial charge in [-0.3, -0.25) is 13.7 Å². The number of carbonyl (C=O) groups excluding carboxylic acids is 1. The van der Waals surface area contributed by atoms with Gasteiger partial charge in [0.1, 0.15) is 0 Å². The van der Waals surface area contributed by atoms with Crippen molar-refractivity contribution in [3.05, 3.63) is 41.2 Å². The third-order valence-electron chi connectivity index (χ3n) is 4.19. The molecule has 0 radical (unpaired) electrons. The van der Waals surface area contributed by atoms with Gasteiger partial charge in [0.05, 0.1) is 21.4 Å². The number of rotatable bonds is 7. The van der Waals surface area contributed by atoms with Crippen LogP contribution < -0.4 is 4.72 Å². The summed E-state index contributed by atoms with van der Waals surface area (Å²) in [6, 6.07) is 6.36. The number of aromatic nitrogens is 4. The van der Waals surface area contributed by atoms with E-state index in [0.717, 1.165) is 0 Å². The minimum atomic E-state index is -4.25. The summed E-state index contributed by atoms with van der Waals surface area (Å²) in [5.74, 6) is -0.0916. The molecule has 2 heterocycles. The molecule has 0 aliphatic rings. The quantitative estimate of drug-likeness (QED) is 0.565. The Bertz CT molecular complexity index is 1230. The predicted molar refractivity (Wildman–Crippen MR) is 109 cm³/mol. The SMILES string of the molecule is CCCC(=O)c1cccc(S(C)=O)c1NS(=O)(=O)c1nc2nc(C)cc(C)n2n1. The fourth-order valence-corrected chi connectivity index (χ4v) is 4.67. The van der Waals surface area contributed by atoms with Crippen LogP contribution in [0.3, 0.4) is 0 Å². The Kier molecular flexibility index (Phi) is 5.80. The summed E-state index contributed by atoms with van der Waals surface area (Å²) >= 11 is 0. The summed E-state index contributed by atoms with van der Waals surface area (Å²) in [7, 11) is -5.77. The van der Waals surface area contributed by atoms with Crippen LogP contribution >= 0.6 is 0 Å². The van der Waals surface area contributed by atoms with Gasteiger partial charge in [-0.05, 0) is 38.5 Å². The number of nitrogens with zero attached hydrogens (tertiary/aromatic N) is 4. The van der Waals surface area contributed by atoms with E-state index in [0.29, 0.717) is 17.8 Å². The molecule has 9 nitrogen and oxygen atoms in total. The molecule has 0 spiro atoms. The first-order chi connectivity index (χ1) is 13.6. The zero-order valence-electron chi connectivity index (χ0n) is 16.5. The van der Waals surface area contributed by atoms with E-state index in [1.165, 1.54) is 22.9 Å². The van der Waals surface area contributed by atoms with Crippen LogP contribution in [0.4, 0.5) is 5.69 Å². The van der Waals surface area contributed by atoms with Gasteiger partial charge >= 0.3 is 0 Å². The summed E-state index contributed by atoms with van der Waals surface area (Å²) in [6.45, 7) is 5.38. The fraction of sp³-hybridized carbons (Fsp3) is 0.333. The Morgan fingerprint density at radius 3 is 2.62 bits per heavy atom. The molecular formula is C18H21N5O4S2. The summed E-state index contributed by atoms with van der Waals surface area (Å²) in [5.41, 5.74) is 1.51. The third kappa shape index (κ3) is 4.20. The lowest BCUT2D eigenvalue weighted by Crippen LogP contribution is -2.19. The van der Waals surface area contributed by atoms with Crippen molar-refractivity contribution in [3.8, 4) is 0 Å². The number of sulfonamides is 1. The minimum absolute atomic E-state index is 0.00787. The molecule has 2 aromatic heterocycles. The number of anilines is 1. The van der Waals surface area contributed by atoms with Gasteiger partial charge in [-0.25, -0.2) is 9.50 Å². The van der Waals surface area contributed by atoms with Gasteiger partial charge in [0.25, 0.3) is 21.0 Å². The van der Waals surface area contributed by atoms with Gasteiger partial charge in [-0.1, -0.05) is 13.0 Å². The van der Waals surface area contributed by atoms with Crippen LogP contribution in [0.2, 0.25) is 0 Å². The van der Waals surface area contributed by atoms with Gasteiger partial charge in [-0.15, -0.1) is 5.10 Å². The van der Waals surface area contributed by atoms with Crippen molar-refractivity contribution in [1.82, 2.24) is 19.6 Å². The first kappa shape index (κ1) is 21.1. The van der Waals surface area contributed by atoms with E-state index < -0.39 is 26.0 Å². The maximum atomic E-state index is 13.0. The number of para-hydroxylation sites is 1. The maximum absolute atomic E-state index is 13.0. The second-order valence-electron chi connectivity index (χ2n) is 6.56. The van der Waals surface area contributed by atoms with Crippen molar-refractivity contribution in [2.45, 2.75) is 43.7 Å². The molecular weight excluding hydrogens is 414 g/mol. The molecule has 0 amide bonds. The number of carbonyl (C=O) groups is 1. The molecule has 3 aromatic rings. The van der Waals surface area contributed by atoms with Gasteiger partial charge in [0, 0.05) is 29.6 Å². The predicted octanol–water partition coefficient (Wildman–Crippen LogP) is 2.26. The van der Waals surface area contributed by atoms with Crippen molar-refractivity contribution >= 4 is 38.1 Å². The number of nitrogens with one attached hydrogen (secondary N) is 1. The Hall–Kier alpha value is -2.66. The van der Waals surface area contributed by atoms with Crippen molar-refractivity contribution < 1.29 is 17.4 Å². The molecule has 1 aromatic carbocycles. The Labute approximate surface area is 171 Å². The van der Waals surface area contributed by atoms with Crippen molar-refractivity contribution in [2.75, 3.05) is 11.0 Å². The monoisotopic (exact) mass is 435 g/mol. The number of hydrogen-bond acceptors (Lipinski definition) is 7. The van der Waals surface area contributed by atoms with Crippen molar-refractivity contribution in [3.63, 3.8) is 0 Å². The normalized spacial score (nSPS) is 12.8. The second-order valence-corrected chi connectivity index (χ2v) is 9.48. The second kappa shape index (κ2) is 7.99. The summed E-state index contributed by atoms with van der Waals surface area (Å²) in [5, 5.41) is 3.56. The van der Waals surface area contributed by atoms with Crippen molar-refractivity contribution in [2.24, 2.45) is 0 Å². The molecule has 29 heavy (non-hydrogen) atoms. The first-order valence-electron chi connectivity index (χ1n) is 8.87. The van der Waals surface area contributed by atoms with Crippen LogP contribution in [-0.2, 0) is 20.8 Å². The van der Waals surface area contributed by atoms with Gasteiger partial charge in [0.2, 0.25) is 0 Å². The maximum Gasteiger partial charge on any atom is 0.299 e. The van der Waals surface area contributed by atoms with E-state index >= 15 is 0 Å². The molecule has 0 fully saturated rings. The highest BCUT2D eigenvalue weighted by atomic mass is 32.2. The number of benzene rings is 1. The fourth-order valence-electron chi connectivity index (χ4n) is 2.91. The van der Waals surface area contributed by atoms with E-state index in [-0.39, 0.29) is 34.1 Å². The molecule has 0 saturated carbocycles. The highest BCUT2D eigenvalue weighted by Gasteiger charge is 2.26. The molecule has 1 atom stereocenters. The molecule has 3 rings (SSSR count). The van der Waals surface area contributed by atoms with E-state index in [1.54, 1.807) is 26.0 Å². The number of aryl methyl sites for hydroxylation is 2. The molecule has 1 N–H and O–H groups in total. The van der Waals surface area contributed by atoms with Gasteiger partial charge < -0.3 is 0 Å². The zero-order chi connectivity index (χ0) is 21.3. The first-order valence-corrected chi connectivity index (χ1v) is 11.9. The van der Waals surface area contributed by atoms with Crippen LogP contribution in [0.1, 0.15) is 41.5 Å². The highest BCUT2D eigenvalue weighted by molar-refractivity contribution is 7.92. The van der Waals surface area contributed by atoms with E-state index in [2.05, 4.69) is 19.8 Å². The standard InChI is InChI=1S/C18H21N5O4S2/c1-5-7-14(24)13-8-6-9-15(28(4)25)16(13)22-29(26,27)18-20-17-19-11(2)10-12(3)23(17)21-18/h6,8-10,22H,5,7H2,1-4H3. The Balaban J connectivity index is 2.12. The lowest BCUT2D eigenvalue weighted by atomic mass is 10.1. The van der Waals surface area contributed by atoms with Crippen molar-refractivity contribution in [1.29, 1.82) is 0 Å². The van der Waals surface area contributed by atoms with E-state index in [1.807, 2.05) is 6.92 Å². The average Bonchev–Trinajstić information content (AvgIpc) is 3.07. The molecule has 1 unspecified atom stereocenters. The van der Waals surface area contributed by atoms with Gasteiger partial charge in [0.15, 0.2) is 5.78 Å². The Morgan fingerprint density at radius 2 is 1.97 bits per heavy atom. The highest BCUT2D eigenvalue weighted by Crippen LogP contribution is 2.28. The topological polar surface area (TPSA) is 123 Å². The average molecular weight is 436 g/mol. The number of Topliss-reactive ketones (excluding diaryl/α,β-unsaturated/α-hetero) is 1. The van der Waals surface area contributed by atoms with Crippen LogP contribution in [-0.4, -0.2) is 44.2 Å². The number of ketones is 1. The molecule has 11 heteroatoms. The third-order valence-corrected chi connectivity index (χ3v) is 6.28. The van der Waals surface area contributed by atoms with Gasteiger partial charge in [-0.2, -0.15) is 13.4 Å². The lowest BCUT2D eigenvalue weighted by Gasteiger charge is -2.14. The summed E-state index contributed by atoms with van der Waals surface area (Å²) in [4.78, 5) is 20.9. The molecule has 0 aliphatic carbocycles. The van der Waals surface area contributed by atoms with E-state index in [9.17, 15) is 17.4 Å². The van der Waals surface area contributed by atoms with Crippen LogP contribution in [0.5, 0.6) is 0 Å². The van der Waals surface area contributed by atoms with Crippen LogP contribution in [0, 0.1) is 13.8 Å². The van der Waals surface area contributed by atoms with E-state index in [4.69, 9.17) is 0 Å². The van der Waals surface area contributed by atoms with Crippen LogP contribution in [0.15, 0.2) is 34.3 Å². The minimum Gasteiger partial charge on any atom is -0.294 e. The Morgan fingerprint density at radius 1 is 1.24 bits per heavy atom. The smallest absolute Gasteiger partial charge is 0.294 e. The summed E-state index contributed by atoms with van der Waals surface area (Å²) < 4.78 is 41.8. The summed E-state index contributed by atoms with van der Waals surface area (Å²) in [6.07, 6.45) is 2.26. The molecule has 0 saturated heterocycles. The molecule has 0 bridgehead atoms. The number of hydrogen-bond donors (Lipinski definition) is 1. The number of fused-ring (bicyclic) bond motifs is 1. The largest absolute Gasteiger partial charge is 0.299 e. The van der Waals surface area contributed by atoms with Crippen LogP contribution in [0.25, 0.3) is 5.78 Å². The lowest BCUT2D eigenvalue weighted by molar-refractivity contribution is 0.0982. The molecule has 154 valence electrons. The zero-order valence-corrected chi connectivity index (χ0v) is 18.1. The molecule has 0 aliphatic heterocycles.